The van der Waals surface area contributed by atoms with Crippen LogP contribution in [0.5, 0.6) is 0 Å². The van der Waals surface area contributed by atoms with Crippen LogP contribution in [-0.4, -0.2) is 11.7 Å². The van der Waals surface area contributed by atoms with Gasteiger partial charge in [0.15, 0.2) is 0 Å². The minimum atomic E-state index is -0.830. The maximum Gasteiger partial charge on any atom is 0.134 e. The molecule has 1 unspecified atom stereocenters. The maximum absolute atomic E-state index is 9.18. The average Bonchev–Trinajstić information content (AvgIpc) is 2.80. The molecule has 2 aromatic rings. The summed E-state index contributed by atoms with van der Waals surface area (Å²) in [6.45, 7) is 3.64. The van der Waals surface area contributed by atoms with Crippen molar-refractivity contribution in [2.45, 2.75) is 19.4 Å². The number of aliphatic hydroxyl groups is 1. The van der Waals surface area contributed by atoms with Crippen LogP contribution in [0.1, 0.15) is 18.2 Å². The van der Waals surface area contributed by atoms with Gasteiger partial charge in [-0.3, -0.25) is 0 Å². The molecule has 1 aromatic carbocycles. The Bertz CT molecular complexity index is 497. The lowest BCUT2D eigenvalue weighted by molar-refractivity contribution is 0.189. The molecule has 0 aliphatic rings. The van der Waals surface area contributed by atoms with Crippen molar-refractivity contribution in [3.63, 3.8) is 0 Å². The third kappa shape index (κ3) is 2.40. The molecule has 2 rings (SSSR count). The van der Waals surface area contributed by atoms with E-state index in [1.54, 1.807) is 6.92 Å². The molecule has 1 aromatic heterocycles. The van der Waals surface area contributed by atoms with Crippen LogP contribution in [0.25, 0.3) is 11.3 Å². The Morgan fingerprint density at radius 1 is 1.18 bits per heavy atom. The number of nitrogens with two attached hydrogens (primary N) is 1. The lowest BCUT2D eigenvalue weighted by Gasteiger charge is -2.18. The van der Waals surface area contributed by atoms with E-state index in [4.69, 9.17) is 10.2 Å². The molecule has 0 aliphatic carbocycles. The van der Waals surface area contributed by atoms with E-state index >= 15 is 0 Å². The van der Waals surface area contributed by atoms with Gasteiger partial charge in [-0.05, 0) is 26.0 Å². The van der Waals surface area contributed by atoms with Crippen molar-refractivity contribution < 1.29 is 9.52 Å². The van der Waals surface area contributed by atoms with Crippen LogP contribution in [0.4, 0.5) is 0 Å². The predicted octanol–water partition coefficient (Wildman–Crippen LogP) is 2.42. The monoisotopic (exact) mass is 231 g/mol. The normalized spacial score (nSPS) is 14.6. The van der Waals surface area contributed by atoms with Crippen LogP contribution >= 0.6 is 0 Å². The number of aliphatic hydroxyl groups excluding tert-OH is 1. The van der Waals surface area contributed by atoms with E-state index in [2.05, 4.69) is 0 Å². The highest BCUT2D eigenvalue weighted by Crippen LogP contribution is 2.27. The van der Waals surface area contributed by atoms with E-state index in [1.165, 1.54) is 5.56 Å². The second kappa shape index (κ2) is 4.35. The van der Waals surface area contributed by atoms with E-state index in [1.807, 2.05) is 43.3 Å². The Morgan fingerprint density at radius 2 is 1.82 bits per heavy atom. The molecule has 3 nitrogen and oxygen atoms in total. The Kier molecular flexibility index (Phi) is 3.05. The molecule has 1 atom stereocenters. The third-order valence-corrected chi connectivity index (χ3v) is 2.83. The fourth-order valence-electron chi connectivity index (χ4n) is 1.60. The number of aryl methyl sites for hydroxylation is 1. The number of benzene rings is 1. The molecular formula is C14H17NO2. The quantitative estimate of drug-likeness (QED) is 0.852. The predicted molar refractivity (Wildman–Crippen MR) is 67.5 cm³/mol. The summed E-state index contributed by atoms with van der Waals surface area (Å²) in [7, 11) is 0. The van der Waals surface area contributed by atoms with Gasteiger partial charge in [0.1, 0.15) is 11.5 Å². The van der Waals surface area contributed by atoms with Gasteiger partial charge in [0.05, 0.1) is 12.1 Å². The first-order valence-electron chi connectivity index (χ1n) is 5.60. The fourth-order valence-corrected chi connectivity index (χ4v) is 1.60. The van der Waals surface area contributed by atoms with E-state index in [0.29, 0.717) is 5.76 Å². The summed E-state index contributed by atoms with van der Waals surface area (Å²) in [5.41, 5.74) is 7.30. The number of hydrogen-bond acceptors (Lipinski definition) is 3. The molecule has 0 spiro atoms. The highest BCUT2D eigenvalue weighted by molar-refractivity contribution is 5.58. The summed E-state index contributed by atoms with van der Waals surface area (Å²) < 4.78 is 5.68. The van der Waals surface area contributed by atoms with Crippen LogP contribution in [0.3, 0.4) is 0 Å². The van der Waals surface area contributed by atoms with E-state index < -0.39 is 5.54 Å². The van der Waals surface area contributed by atoms with Crippen molar-refractivity contribution in [1.29, 1.82) is 0 Å². The standard InChI is InChI=1S/C14H17NO2/c1-10-3-5-11(6-4-10)12-7-8-13(17-12)14(2,15)9-16/h3-8,16H,9,15H2,1-2H3. The van der Waals surface area contributed by atoms with Crippen molar-refractivity contribution in [3.05, 3.63) is 47.7 Å². The zero-order chi connectivity index (χ0) is 12.5. The summed E-state index contributed by atoms with van der Waals surface area (Å²) in [4.78, 5) is 0. The lowest BCUT2D eigenvalue weighted by Crippen LogP contribution is -2.36. The second-order valence-electron chi connectivity index (χ2n) is 4.61. The molecule has 1 heterocycles. The van der Waals surface area contributed by atoms with Crippen molar-refractivity contribution in [1.82, 2.24) is 0 Å². The van der Waals surface area contributed by atoms with Gasteiger partial charge in [-0.1, -0.05) is 29.8 Å². The second-order valence-corrected chi connectivity index (χ2v) is 4.61. The van der Waals surface area contributed by atoms with Crippen LogP contribution < -0.4 is 5.73 Å². The van der Waals surface area contributed by atoms with Gasteiger partial charge in [-0.25, -0.2) is 0 Å². The zero-order valence-corrected chi connectivity index (χ0v) is 10.1. The summed E-state index contributed by atoms with van der Waals surface area (Å²) in [5, 5.41) is 9.18. The summed E-state index contributed by atoms with van der Waals surface area (Å²) in [6, 6.07) is 11.8. The number of rotatable bonds is 3. The first-order valence-corrected chi connectivity index (χ1v) is 5.60. The fraction of sp³-hybridized carbons (Fsp3) is 0.286. The van der Waals surface area contributed by atoms with Crippen LogP contribution in [0.2, 0.25) is 0 Å². The first-order chi connectivity index (χ1) is 8.03. The molecule has 0 aliphatic heterocycles. The molecule has 0 saturated heterocycles. The van der Waals surface area contributed by atoms with E-state index in [0.717, 1.165) is 11.3 Å². The van der Waals surface area contributed by atoms with Crippen LogP contribution in [-0.2, 0) is 5.54 Å². The van der Waals surface area contributed by atoms with Crippen LogP contribution in [0.15, 0.2) is 40.8 Å². The highest BCUT2D eigenvalue weighted by Gasteiger charge is 2.24. The van der Waals surface area contributed by atoms with Gasteiger partial charge < -0.3 is 15.3 Å². The van der Waals surface area contributed by atoms with E-state index in [9.17, 15) is 5.11 Å². The molecule has 0 radical (unpaired) electrons. The Morgan fingerprint density at radius 3 is 2.41 bits per heavy atom. The third-order valence-electron chi connectivity index (χ3n) is 2.83. The maximum atomic E-state index is 9.18. The molecule has 0 saturated carbocycles. The molecule has 0 bridgehead atoms. The SMILES string of the molecule is Cc1ccc(-c2ccc(C(C)(N)CO)o2)cc1. The van der Waals surface area contributed by atoms with Gasteiger partial charge in [-0.15, -0.1) is 0 Å². The Balaban J connectivity index is 2.33. The Labute approximate surface area is 101 Å². The van der Waals surface area contributed by atoms with E-state index in [-0.39, 0.29) is 6.61 Å². The largest absolute Gasteiger partial charge is 0.459 e. The van der Waals surface area contributed by atoms with Gasteiger partial charge in [-0.2, -0.15) is 0 Å². The van der Waals surface area contributed by atoms with Crippen LogP contribution in [0, 0.1) is 6.92 Å². The summed E-state index contributed by atoms with van der Waals surface area (Å²) in [6.07, 6.45) is 0. The smallest absolute Gasteiger partial charge is 0.134 e. The zero-order valence-electron chi connectivity index (χ0n) is 10.1. The first kappa shape index (κ1) is 11.9. The molecule has 17 heavy (non-hydrogen) atoms. The lowest BCUT2D eigenvalue weighted by atomic mass is 10.0. The van der Waals surface area contributed by atoms with Crippen molar-refractivity contribution in [2.24, 2.45) is 5.73 Å². The molecule has 90 valence electrons. The highest BCUT2D eigenvalue weighted by atomic mass is 16.3. The number of hydrogen-bond donors (Lipinski definition) is 2. The molecule has 0 fully saturated rings. The van der Waals surface area contributed by atoms with Crippen molar-refractivity contribution >= 4 is 0 Å². The number of furan rings is 1. The topological polar surface area (TPSA) is 59.4 Å². The minimum Gasteiger partial charge on any atom is -0.459 e. The summed E-state index contributed by atoms with van der Waals surface area (Å²) in [5.74, 6) is 1.36. The van der Waals surface area contributed by atoms with Gasteiger partial charge in [0.2, 0.25) is 0 Å². The van der Waals surface area contributed by atoms with Crippen molar-refractivity contribution in [3.8, 4) is 11.3 Å². The summed E-state index contributed by atoms with van der Waals surface area (Å²) >= 11 is 0. The van der Waals surface area contributed by atoms with Gasteiger partial charge in [0, 0.05) is 5.56 Å². The van der Waals surface area contributed by atoms with Gasteiger partial charge in [0.25, 0.3) is 0 Å². The molecule has 3 heteroatoms. The molecule has 0 amide bonds. The molecule has 3 N–H and O–H groups in total. The molecular weight excluding hydrogens is 214 g/mol. The Hall–Kier alpha value is -1.58. The average molecular weight is 231 g/mol. The minimum absolute atomic E-state index is 0.145. The van der Waals surface area contributed by atoms with Gasteiger partial charge >= 0.3 is 0 Å². The van der Waals surface area contributed by atoms with Crippen molar-refractivity contribution in [2.75, 3.05) is 6.61 Å².